The lowest BCUT2D eigenvalue weighted by Crippen LogP contribution is -2.62. The Morgan fingerprint density at radius 2 is 2.07 bits per heavy atom. The first-order chi connectivity index (χ1) is 6.55. The van der Waals surface area contributed by atoms with E-state index < -0.39 is 0 Å². The van der Waals surface area contributed by atoms with Gasteiger partial charge in [-0.15, -0.1) is 0 Å². The molecule has 1 atom stereocenters. The van der Waals surface area contributed by atoms with Gasteiger partial charge in [0.05, 0.1) is 0 Å². The van der Waals surface area contributed by atoms with Gasteiger partial charge in [-0.25, -0.2) is 0 Å². The van der Waals surface area contributed by atoms with Gasteiger partial charge in [-0.3, -0.25) is 4.90 Å². The molecule has 0 aromatic rings. The summed E-state index contributed by atoms with van der Waals surface area (Å²) in [6.45, 7) is 7.72. The third kappa shape index (κ3) is 2.12. The molecule has 1 fully saturated rings. The van der Waals surface area contributed by atoms with E-state index in [4.69, 9.17) is 5.73 Å². The van der Waals surface area contributed by atoms with E-state index in [1.165, 1.54) is 25.7 Å². The Bertz CT molecular complexity index is 173. The van der Waals surface area contributed by atoms with Gasteiger partial charge in [-0.1, -0.05) is 20.3 Å². The van der Waals surface area contributed by atoms with Gasteiger partial charge in [0.15, 0.2) is 0 Å². The zero-order valence-corrected chi connectivity index (χ0v) is 10.2. The molecule has 0 bridgehead atoms. The Morgan fingerprint density at radius 1 is 1.50 bits per heavy atom. The van der Waals surface area contributed by atoms with Crippen molar-refractivity contribution in [3.63, 3.8) is 0 Å². The van der Waals surface area contributed by atoms with Crippen LogP contribution in [-0.4, -0.2) is 30.1 Å². The van der Waals surface area contributed by atoms with Gasteiger partial charge in [0.2, 0.25) is 0 Å². The van der Waals surface area contributed by atoms with Crippen molar-refractivity contribution in [2.45, 2.75) is 58.0 Å². The largest absolute Gasteiger partial charge is 0.329 e. The van der Waals surface area contributed by atoms with Crippen molar-refractivity contribution in [2.75, 3.05) is 13.6 Å². The predicted molar refractivity (Wildman–Crippen MR) is 62.3 cm³/mol. The highest BCUT2D eigenvalue weighted by atomic mass is 15.2. The zero-order valence-electron chi connectivity index (χ0n) is 10.2. The summed E-state index contributed by atoms with van der Waals surface area (Å²) in [4.78, 5) is 2.52. The third-order valence-electron chi connectivity index (χ3n) is 3.95. The molecule has 2 N–H and O–H groups in total. The Balaban J connectivity index is 2.52. The van der Waals surface area contributed by atoms with E-state index in [-0.39, 0.29) is 0 Å². The van der Waals surface area contributed by atoms with E-state index in [9.17, 15) is 0 Å². The first-order valence-corrected chi connectivity index (χ1v) is 5.98. The summed E-state index contributed by atoms with van der Waals surface area (Å²) in [5, 5.41) is 0. The summed E-state index contributed by atoms with van der Waals surface area (Å²) < 4.78 is 0. The minimum Gasteiger partial charge on any atom is -0.329 e. The van der Waals surface area contributed by atoms with Crippen molar-refractivity contribution in [1.29, 1.82) is 0 Å². The van der Waals surface area contributed by atoms with Crippen molar-refractivity contribution < 1.29 is 0 Å². The lowest BCUT2D eigenvalue weighted by molar-refractivity contribution is -0.0198. The molecule has 0 aromatic carbocycles. The summed E-state index contributed by atoms with van der Waals surface area (Å²) in [6.07, 6.45) is 5.12. The quantitative estimate of drug-likeness (QED) is 0.734. The van der Waals surface area contributed by atoms with Gasteiger partial charge in [-0.2, -0.15) is 0 Å². The van der Waals surface area contributed by atoms with Gasteiger partial charge < -0.3 is 5.73 Å². The number of likely N-dealkylation sites (N-methyl/N-ethyl adjacent to an activating group) is 1. The lowest BCUT2D eigenvalue weighted by Gasteiger charge is -2.54. The molecule has 2 nitrogen and oxygen atoms in total. The van der Waals surface area contributed by atoms with Crippen molar-refractivity contribution in [2.24, 2.45) is 11.7 Å². The van der Waals surface area contributed by atoms with Crippen molar-refractivity contribution in [3.8, 4) is 0 Å². The van der Waals surface area contributed by atoms with E-state index in [0.29, 0.717) is 11.6 Å². The van der Waals surface area contributed by atoms with Gasteiger partial charge in [-0.05, 0) is 39.2 Å². The number of hydrogen-bond donors (Lipinski definition) is 1. The van der Waals surface area contributed by atoms with Crippen LogP contribution in [0.1, 0.15) is 46.5 Å². The van der Waals surface area contributed by atoms with Crippen LogP contribution < -0.4 is 5.73 Å². The molecule has 0 amide bonds. The summed E-state index contributed by atoms with van der Waals surface area (Å²) in [5.41, 5.74) is 6.25. The molecule has 1 rings (SSSR count). The Morgan fingerprint density at radius 3 is 2.43 bits per heavy atom. The fourth-order valence-electron chi connectivity index (χ4n) is 2.92. The highest BCUT2D eigenvalue weighted by Crippen LogP contribution is 2.42. The molecule has 1 aliphatic carbocycles. The first kappa shape index (κ1) is 12.0. The van der Waals surface area contributed by atoms with Crippen LogP contribution in [0.2, 0.25) is 0 Å². The molecule has 2 heteroatoms. The number of hydrogen-bond acceptors (Lipinski definition) is 2. The summed E-state index contributed by atoms with van der Waals surface area (Å²) >= 11 is 0. The van der Waals surface area contributed by atoms with E-state index in [2.05, 4.69) is 32.7 Å². The topological polar surface area (TPSA) is 29.3 Å². The smallest absolute Gasteiger partial charge is 0.0336 e. The number of nitrogens with two attached hydrogens (primary N) is 1. The van der Waals surface area contributed by atoms with E-state index >= 15 is 0 Å². The second-order valence-electron chi connectivity index (χ2n) is 5.19. The molecule has 14 heavy (non-hydrogen) atoms. The maximum Gasteiger partial charge on any atom is 0.0336 e. The second-order valence-corrected chi connectivity index (χ2v) is 5.19. The molecule has 0 saturated heterocycles. The molecule has 0 aliphatic heterocycles. The highest BCUT2D eigenvalue weighted by molar-refractivity contribution is 5.02. The fraction of sp³-hybridized carbons (Fsp3) is 1.00. The molecule has 1 aliphatic rings. The maximum absolute atomic E-state index is 5.92. The number of rotatable bonds is 5. The Kier molecular flexibility index (Phi) is 3.96. The van der Waals surface area contributed by atoms with Crippen LogP contribution >= 0.6 is 0 Å². The highest BCUT2D eigenvalue weighted by Gasteiger charge is 2.45. The second kappa shape index (κ2) is 4.63. The molecule has 0 heterocycles. The van der Waals surface area contributed by atoms with Crippen LogP contribution in [0.15, 0.2) is 0 Å². The molecule has 0 radical (unpaired) electrons. The van der Waals surface area contributed by atoms with Crippen LogP contribution in [0.5, 0.6) is 0 Å². The van der Waals surface area contributed by atoms with Gasteiger partial charge in [0.1, 0.15) is 0 Å². The third-order valence-corrected chi connectivity index (χ3v) is 3.95. The van der Waals surface area contributed by atoms with Crippen molar-refractivity contribution >= 4 is 0 Å². The fourth-order valence-corrected chi connectivity index (χ4v) is 2.92. The number of nitrogens with zero attached hydrogens (tertiary/aromatic N) is 1. The SMILES string of the molecule is CCCC(C)N(C)C1(CN)CC(C)C1. The van der Waals surface area contributed by atoms with E-state index in [1.54, 1.807) is 0 Å². The minimum absolute atomic E-state index is 0.327. The molecule has 84 valence electrons. The molecule has 0 spiro atoms. The lowest BCUT2D eigenvalue weighted by atomic mass is 9.67. The average Bonchev–Trinajstić information content (AvgIpc) is 2.12. The standard InChI is InChI=1S/C12H26N2/c1-5-6-11(3)14(4)12(9-13)7-10(2)8-12/h10-11H,5-9,13H2,1-4H3. The first-order valence-electron chi connectivity index (χ1n) is 5.98. The average molecular weight is 198 g/mol. The minimum atomic E-state index is 0.327. The zero-order chi connectivity index (χ0) is 10.8. The predicted octanol–water partition coefficient (Wildman–Crippen LogP) is 2.23. The normalized spacial score (nSPS) is 34.3. The maximum atomic E-state index is 5.92. The summed E-state index contributed by atoms with van der Waals surface area (Å²) in [5.74, 6) is 0.870. The van der Waals surface area contributed by atoms with Crippen LogP contribution in [0, 0.1) is 5.92 Å². The van der Waals surface area contributed by atoms with Crippen LogP contribution in [0.4, 0.5) is 0 Å². The van der Waals surface area contributed by atoms with Crippen LogP contribution in [0.25, 0.3) is 0 Å². The van der Waals surface area contributed by atoms with E-state index in [0.717, 1.165) is 12.5 Å². The summed E-state index contributed by atoms with van der Waals surface area (Å²) in [6, 6.07) is 0.677. The molecular weight excluding hydrogens is 172 g/mol. The van der Waals surface area contributed by atoms with Crippen molar-refractivity contribution in [3.05, 3.63) is 0 Å². The van der Waals surface area contributed by atoms with Gasteiger partial charge in [0, 0.05) is 18.1 Å². The van der Waals surface area contributed by atoms with Crippen LogP contribution in [-0.2, 0) is 0 Å². The summed E-state index contributed by atoms with van der Waals surface area (Å²) in [7, 11) is 2.25. The van der Waals surface area contributed by atoms with Gasteiger partial charge in [0.25, 0.3) is 0 Å². The Labute approximate surface area is 88.8 Å². The molecule has 0 aromatic heterocycles. The van der Waals surface area contributed by atoms with Crippen LogP contribution in [0.3, 0.4) is 0 Å². The molecular formula is C12H26N2. The van der Waals surface area contributed by atoms with E-state index in [1.807, 2.05) is 0 Å². The van der Waals surface area contributed by atoms with Gasteiger partial charge >= 0.3 is 0 Å². The monoisotopic (exact) mass is 198 g/mol. The molecule has 1 unspecified atom stereocenters. The van der Waals surface area contributed by atoms with Crippen molar-refractivity contribution in [1.82, 2.24) is 4.90 Å². The Hall–Kier alpha value is -0.0800. The molecule has 1 saturated carbocycles.